The molecule has 1 aromatic carbocycles. The molecule has 0 spiro atoms. The number of carbonyl (C=O) groups excluding carboxylic acids is 2. The number of carbonyl (C=O) groups is 2. The summed E-state index contributed by atoms with van der Waals surface area (Å²) in [6.45, 7) is 7.34. The number of hydrogen-bond donors (Lipinski definition) is 1. The second-order valence-corrected chi connectivity index (χ2v) is 6.02. The Balaban J connectivity index is 2.54. The van der Waals surface area contributed by atoms with Gasteiger partial charge in [0.2, 0.25) is 0 Å². The van der Waals surface area contributed by atoms with Crippen LogP contribution in [0.2, 0.25) is 5.02 Å². The number of nitrogens with one attached hydrogen (secondary N) is 1. The normalized spacial score (nSPS) is 11.1. The lowest BCUT2D eigenvalue weighted by atomic mass is 10.1. The first kappa shape index (κ1) is 16.5. The topological polar surface area (TPSA) is 55.4 Å². The molecule has 0 fully saturated rings. The van der Waals surface area contributed by atoms with Crippen LogP contribution in [0.25, 0.3) is 0 Å². The van der Waals surface area contributed by atoms with Crippen molar-refractivity contribution in [1.82, 2.24) is 5.32 Å². The minimum absolute atomic E-state index is 0.0335. The summed E-state index contributed by atoms with van der Waals surface area (Å²) in [7, 11) is 0. The summed E-state index contributed by atoms with van der Waals surface area (Å²) in [5.41, 5.74) is 0.964. The van der Waals surface area contributed by atoms with Gasteiger partial charge in [0, 0.05) is 17.1 Å². The van der Waals surface area contributed by atoms with Crippen LogP contribution < -0.4 is 5.32 Å². The molecule has 0 bridgehead atoms. The number of halogens is 1. The Morgan fingerprint density at radius 3 is 2.45 bits per heavy atom. The predicted octanol–water partition coefficient (Wildman–Crippen LogP) is 3.61. The van der Waals surface area contributed by atoms with Crippen molar-refractivity contribution in [3.05, 3.63) is 34.3 Å². The zero-order chi connectivity index (χ0) is 15.3. The summed E-state index contributed by atoms with van der Waals surface area (Å²) in [6.07, 6.45) is 0.131. The average molecular weight is 298 g/mol. The molecule has 20 heavy (non-hydrogen) atoms. The second-order valence-electron chi connectivity index (χ2n) is 5.58. The third kappa shape index (κ3) is 6.06. The Kier molecular flexibility index (Phi) is 5.57. The second kappa shape index (κ2) is 6.75. The van der Waals surface area contributed by atoms with E-state index in [1.165, 1.54) is 6.92 Å². The van der Waals surface area contributed by atoms with Gasteiger partial charge in [-0.1, -0.05) is 11.6 Å². The standard InChI is InChI=1S/C15H20ClNO3/c1-10(18)12-7-11(8-13(16)9-12)5-6-17-14(19)20-15(2,3)4/h7-9H,5-6H2,1-4H3,(H,17,19). The van der Waals surface area contributed by atoms with E-state index in [0.717, 1.165) is 5.56 Å². The number of ether oxygens (including phenoxy) is 1. The van der Waals surface area contributed by atoms with Crippen LogP contribution in [0.15, 0.2) is 18.2 Å². The first-order valence-corrected chi connectivity index (χ1v) is 6.82. The van der Waals surface area contributed by atoms with Crippen LogP contribution in [0.4, 0.5) is 4.79 Å². The first-order chi connectivity index (χ1) is 9.17. The molecule has 0 radical (unpaired) electrons. The van der Waals surface area contributed by atoms with Gasteiger partial charge in [0.25, 0.3) is 0 Å². The molecule has 0 aromatic heterocycles. The Morgan fingerprint density at radius 1 is 1.25 bits per heavy atom. The molecule has 1 rings (SSSR count). The molecular weight excluding hydrogens is 278 g/mol. The van der Waals surface area contributed by atoms with Crippen LogP contribution in [0, 0.1) is 0 Å². The quantitative estimate of drug-likeness (QED) is 0.864. The van der Waals surface area contributed by atoms with Gasteiger partial charge in [-0.05, 0) is 57.9 Å². The van der Waals surface area contributed by atoms with Crippen LogP contribution in [0.3, 0.4) is 0 Å². The Labute approximate surface area is 124 Å². The van der Waals surface area contributed by atoms with Crippen molar-refractivity contribution >= 4 is 23.5 Å². The molecule has 5 heteroatoms. The molecule has 0 atom stereocenters. The van der Waals surface area contributed by atoms with Crippen molar-refractivity contribution in [2.45, 2.75) is 39.7 Å². The van der Waals surface area contributed by atoms with E-state index in [2.05, 4.69) is 5.32 Å². The van der Waals surface area contributed by atoms with E-state index in [-0.39, 0.29) is 5.78 Å². The highest BCUT2D eigenvalue weighted by Gasteiger charge is 2.15. The van der Waals surface area contributed by atoms with Gasteiger partial charge in [-0.15, -0.1) is 0 Å². The molecule has 0 aliphatic heterocycles. The van der Waals surface area contributed by atoms with Crippen molar-refractivity contribution in [2.75, 3.05) is 6.54 Å². The zero-order valence-corrected chi connectivity index (χ0v) is 13.0. The largest absolute Gasteiger partial charge is 0.444 e. The van der Waals surface area contributed by atoms with Crippen LogP contribution in [0.5, 0.6) is 0 Å². The molecular formula is C15H20ClNO3. The Bertz CT molecular complexity index is 506. The number of benzene rings is 1. The summed E-state index contributed by atoms with van der Waals surface area (Å²) < 4.78 is 5.13. The number of rotatable bonds is 4. The maximum Gasteiger partial charge on any atom is 0.407 e. The molecule has 4 nitrogen and oxygen atoms in total. The Hall–Kier alpha value is -1.55. The van der Waals surface area contributed by atoms with E-state index in [4.69, 9.17) is 16.3 Å². The first-order valence-electron chi connectivity index (χ1n) is 6.44. The zero-order valence-electron chi connectivity index (χ0n) is 12.2. The van der Waals surface area contributed by atoms with Crippen LogP contribution in [-0.2, 0) is 11.2 Å². The van der Waals surface area contributed by atoms with E-state index >= 15 is 0 Å². The van der Waals surface area contributed by atoms with Crippen LogP contribution >= 0.6 is 11.6 Å². The number of alkyl carbamates (subject to hydrolysis) is 1. The van der Waals surface area contributed by atoms with Crippen LogP contribution in [0.1, 0.15) is 43.6 Å². The highest BCUT2D eigenvalue weighted by Crippen LogP contribution is 2.16. The SMILES string of the molecule is CC(=O)c1cc(Cl)cc(CCNC(=O)OC(C)(C)C)c1. The van der Waals surface area contributed by atoms with E-state index < -0.39 is 11.7 Å². The van der Waals surface area contributed by atoms with Crippen molar-refractivity contribution in [1.29, 1.82) is 0 Å². The van der Waals surface area contributed by atoms with Crippen molar-refractivity contribution in [2.24, 2.45) is 0 Å². The summed E-state index contributed by atoms with van der Waals surface area (Å²) in [5, 5.41) is 3.19. The van der Waals surface area contributed by atoms with Gasteiger partial charge in [0.05, 0.1) is 0 Å². The van der Waals surface area contributed by atoms with E-state index in [0.29, 0.717) is 23.6 Å². The summed E-state index contributed by atoms with van der Waals surface area (Å²) >= 11 is 5.96. The van der Waals surface area contributed by atoms with E-state index in [1.807, 2.05) is 20.8 Å². The molecule has 1 N–H and O–H groups in total. The molecule has 1 aromatic rings. The average Bonchev–Trinajstić information content (AvgIpc) is 2.25. The van der Waals surface area contributed by atoms with Crippen molar-refractivity contribution in [3.8, 4) is 0 Å². The molecule has 0 aliphatic carbocycles. The lowest BCUT2D eigenvalue weighted by molar-refractivity contribution is 0.0528. The van der Waals surface area contributed by atoms with Gasteiger partial charge in [0.15, 0.2) is 5.78 Å². The predicted molar refractivity (Wildman–Crippen MR) is 79.4 cm³/mol. The minimum Gasteiger partial charge on any atom is -0.444 e. The fourth-order valence-corrected chi connectivity index (χ4v) is 1.88. The number of Topliss-reactive ketones (excluding diaryl/α,β-unsaturated/α-hetero) is 1. The summed E-state index contributed by atoms with van der Waals surface area (Å²) in [5.74, 6) is -0.0335. The minimum atomic E-state index is -0.512. The molecule has 0 aliphatic rings. The Morgan fingerprint density at radius 2 is 1.90 bits per heavy atom. The van der Waals surface area contributed by atoms with Crippen LogP contribution in [-0.4, -0.2) is 24.0 Å². The molecule has 1 amide bonds. The summed E-state index contributed by atoms with van der Waals surface area (Å²) in [4.78, 5) is 22.8. The third-order valence-electron chi connectivity index (χ3n) is 2.45. The van der Waals surface area contributed by atoms with Gasteiger partial charge in [0.1, 0.15) is 5.60 Å². The lowest BCUT2D eigenvalue weighted by Crippen LogP contribution is -2.33. The monoisotopic (exact) mass is 297 g/mol. The molecule has 110 valence electrons. The number of ketones is 1. The lowest BCUT2D eigenvalue weighted by Gasteiger charge is -2.19. The van der Waals surface area contributed by atoms with E-state index in [1.54, 1.807) is 18.2 Å². The highest BCUT2D eigenvalue weighted by atomic mass is 35.5. The fraction of sp³-hybridized carbons (Fsp3) is 0.467. The fourth-order valence-electron chi connectivity index (χ4n) is 1.62. The maximum absolute atomic E-state index is 11.5. The summed E-state index contributed by atoms with van der Waals surface area (Å²) in [6, 6.07) is 5.20. The smallest absolute Gasteiger partial charge is 0.407 e. The van der Waals surface area contributed by atoms with Crippen molar-refractivity contribution in [3.63, 3.8) is 0 Å². The molecule has 0 unspecified atom stereocenters. The third-order valence-corrected chi connectivity index (χ3v) is 2.66. The molecule has 0 saturated carbocycles. The van der Waals surface area contributed by atoms with Gasteiger partial charge in [-0.2, -0.15) is 0 Å². The highest BCUT2D eigenvalue weighted by molar-refractivity contribution is 6.31. The van der Waals surface area contributed by atoms with Gasteiger partial charge in [-0.25, -0.2) is 4.79 Å². The maximum atomic E-state index is 11.5. The number of amides is 1. The number of hydrogen-bond acceptors (Lipinski definition) is 3. The van der Waals surface area contributed by atoms with Gasteiger partial charge in [-0.3, -0.25) is 4.79 Å². The van der Waals surface area contributed by atoms with Gasteiger partial charge >= 0.3 is 6.09 Å². The molecule has 0 saturated heterocycles. The molecule has 0 heterocycles. The van der Waals surface area contributed by atoms with Crippen molar-refractivity contribution < 1.29 is 14.3 Å². The van der Waals surface area contributed by atoms with E-state index in [9.17, 15) is 9.59 Å². The van der Waals surface area contributed by atoms with Gasteiger partial charge < -0.3 is 10.1 Å².